The summed E-state index contributed by atoms with van der Waals surface area (Å²) in [6, 6.07) is 10.1. The first-order valence-corrected chi connectivity index (χ1v) is 8.86. The van der Waals surface area contributed by atoms with Crippen LogP contribution in [0.15, 0.2) is 30.3 Å². The molecule has 0 saturated carbocycles. The van der Waals surface area contributed by atoms with Gasteiger partial charge in [0.15, 0.2) is 0 Å². The molecule has 1 fully saturated rings. The van der Waals surface area contributed by atoms with Crippen molar-refractivity contribution in [1.82, 2.24) is 14.7 Å². The number of anilines is 1. The van der Waals surface area contributed by atoms with Crippen LogP contribution in [0.1, 0.15) is 30.7 Å². The van der Waals surface area contributed by atoms with Crippen molar-refractivity contribution in [3.05, 3.63) is 41.7 Å². The molecule has 0 bridgehead atoms. The van der Waals surface area contributed by atoms with E-state index in [0.29, 0.717) is 13.0 Å². The van der Waals surface area contributed by atoms with Gasteiger partial charge in [-0.2, -0.15) is 5.10 Å². The Morgan fingerprint density at radius 3 is 2.80 bits per heavy atom. The van der Waals surface area contributed by atoms with E-state index >= 15 is 0 Å². The van der Waals surface area contributed by atoms with Gasteiger partial charge in [0.1, 0.15) is 0 Å². The fourth-order valence-corrected chi connectivity index (χ4v) is 3.49. The van der Waals surface area contributed by atoms with Crippen molar-refractivity contribution in [2.45, 2.75) is 39.2 Å². The van der Waals surface area contributed by atoms with Gasteiger partial charge in [-0.3, -0.25) is 9.69 Å². The van der Waals surface area contributed by atoms with E-state index in [-0.39, 0.29) is 18.6 Å². The first-order chi connectivity index (χ1) is 12.1. The largest absolute Gasteiger partial charge is 0.395 e. The highest BCUT2D eigenvalue weighted by molar-refractivity contribution is 5.92. The second kappa shape index (κ2) is 7.80. The molecule has 1 saturated heterocycles. The Balaban J connectivity index is 1.65. The number of likely N-dealkylation sites (tertiary alicyclic amines) is 1. The molecule has 6 heteroatoms. The number of aliphatic hydroxyl groups is 1. The lowest BCUT2D eigenvalue weighted by Crippen LogP contribution is -2.34. The first kappa shape index (κ1) is 17.6. The van der Waals surface area contributed by atoms with Gasteiger partial charge >= 0.3 is 0 Å². The number of amides is 1. The van der Waals surface area contributed by atoms with Crippen LogP contribution in [0.5, 0.6) is 0 Å². The van der Waals surface area contributed by atoms with Crippen LogP contribution in [0.25, 0.3) is 5.69 Å². The van der Waals surface area contributed by atoms with Gasteiger partial charge < -0.3 is 10.4 Å². The van der Waals surface area contributed by atoms with Crippen LogP contribution in [0.3, 0.4) is 0 Å². The van der Waals surface area contributed by atoms with Crippen LogP contribution >= 0.6 is 0 Å². The van der Waals surface area contributed by atoms with Crippen LogP contribution in [0.2, 0.25) is 0 Å². The molecule has 3 rings (SSSR count). The Bertz CT molecular complexity index is 727. The number of rotatable bonds is 6. The second-order valence-corrected chi connectivity index (χ2v) is 6.61. The monoisotopic (exact) mass is 342 g/mol. The predicted molar refractivity (Wildman–Crippen MR) is 98.0 cm³/mol. The van der Waals surface area contributed by atoms with Crippen molar-refractivity contribution in [2.75, 3.05) is 25.0 Å². The number of aliphatic hydroxyl groups excluding tert-OH is 1. The quantitative estimate of drug-likeness (QED) is 0.845. The van der Waals surface area contributed by atoms with Crippen LogP contribution < -0.4 is 5.32 Å². The average Bonchev–Trinajstić information content (AvgIpc) is 3.20. The Labute approximate surface area is 148 Å². The summed E-state index contributed by atoms with van der Waals surface area (Å²) < 4.78 is 1.85. The van der Waals surface area contributed by atoms with Gasteiger partial charge in [-0.1, -0.05) is 18.2 Å². The lowest BCUT2D eigenvalue weighted by Gasteiger charge is -2.22. The Morgan fingerprint density at radius 2 is 2.08 bits per heavy atom. The minimum atomic E-state index is -0.0117. The molecule has 0 aliphatic carbocycles. The third-order valence-electron chi connectivity index (χ3n) is 4.89. The maximum atomic E-state index is 12.4. The summed E-state index contributed by atoms with van der Waals surface area (Å²) in [6.07, 6.45) is 2.53. The van der Waals surface area contributed by atoms with Gasteiger partial charge in [-0.15, -0.1) is 0 Å². The first-order valence-electron chi connectivity index (χ1n) is 8.86. The van der Waals surface area contributed by atoms with Crippen LogP contribution in [0.4, 0.5) is 5.69 Å². The van der Waals surface area contributed by atoms with Gasteiger partial charge in [-0.25, -0.2) is 4.68 Å². The Kier molecular flexibility index (Phi) is 5.50. The molecule has 0 radical (unpaired) electrons. The molecule has 0 spiro atoms. The minimum absolute atomic E-state index is 0.0117. The third kappa shape index (κ3) is 3.91. The molecule has 2 heterocycles. The van der Waals surface area contributed by atoms with Crippen LogP contribution in [-0.4, -0.2) is 51.4 Å². The topological polar surface area (TPSA) is 70.4 Å². The highest BCUT2D eigenvalue weighted by atomic mass is 16.3. The van der Waals surface area contributed by atoms with E-state index in [2.05, 4.69) is 15.3 Å². The molecule has 1 aliphatic rings. The number of benzene rings is 1. The molecule has 1 aromatic heterocycles. The summed E-state index contributed by atoms with van der Waals surface area (Å²) in [7, 11) is 0. The van der Waals surface area contributed by atoms with Crippen molar-refractivity contribution in [1.29, 1.82) is 0 Å². The number of aromatic nitrogens is 2. The molecule has 0 unspecified atom stereocenters. The molecule has 1 amide bonds. The molecule has 6 nitrogen and oxygen atoms in total. The fraction of sp³-hybridized carbons (Fsp3) is 0.474. The zero-order valence-corrected chi connectivity index (χ0v) is 14.9. The van der Waals surface area contributed by atoms with Crippen LogP contribution in [-0.2, 0) is 4.79 Å². The molecular formula is C19H26N4O2. The van der Waals surface area contributed by atoms with E-state index in [1.54, 1.807) is 0 Å². The van der Waals surface area contributed by atoms with Crippen molar-refractivity contribution in [3.63, 3.8) is 0 Å². The van der Waals surface area contributed by atoms with E-state index in [1.807, 2.05) is 48.9 Å². The van der Waals surface area contributed by atoms with E-state index in [4.69, 9.17) is 0 Å². The lowest BCUT2D eigenvalue weighted by molar-refractivity contribution is -0.116. The summed E-state index contributed by atoms with van der Waals surface area (Å²) in [5, 5.41) is 16.9. The lowest BCUT2D eigenvalue weighted by atomic mass is 10.2. The minimum Gasteiger partial charge on any atom is -0.395 e. The summed E-state index contributed by atoms with van der Waals surface area (Å²) in [6.45, 7) is 5.68. The number of hydrogen-bond donors (Lipinski definition) is 2. The number of nitrogens with one attached hydrogen (secondary N) is 1. The highest BCUT2D eigenvalue weighted by Crippen LogP contribution is 2.23. The van der Waals surface area contributed by atoms with Gasteiger partial charge in [0.05, 0.1) is 29.4 Å². The van der Waals surface area contributed by atoms with E-state index in [9.17, 15) is 9.90 Å². The molecule has 2 aromatic rings. The summed E-state index contributed by atoms with van der Waals surface area (Å²) in [5.74, 6) is -0.0117. The highest BCUT2D eigenvalue weighted by Gasteiger charge is 2.24. The Morgan fingerprint density at radius 1 is 1.32 bits per heavy atom. The molecule has 2 N–H and O–H groups in total. The van der Waals surface area contributed by atoms with Crippen molar-refractivity contribution < 1.29 is 9.90 Å². The van der Waals surface area contributed by atoms with E-state index in [1.165, 1.54) is 0 Å². The van der Waals surface area contributed by atoms with Crippen molar-refractivity contribution in [2.24, 2.45) is 0 Å². The fourth-order valence-electron chi connectivity index (χ4n) is 3.49. The molecule has 1 aliphatic heterocycles. The maximum absolute atomic E-state index is 12.4. The van der Waals surface area contributed by atoms with Crippen molar-refractivity contribution >= 4 is 11.6 Å². The normalized spacial score (nSPS) is 17.8. The zero-order valence-electron chi connectivity index (χ0n) is 14.9. The van der Waals surface area contributed by atoms with Gasteiger partial charge in [0.2, 0.25) is 5.91 Å². The molecule has 25 heavy (non-hydrogen) atoms. The molecule has 134 valence electrons. The van der Waals surface area contributed by atoms with Crippen LogP contribution in [0, 0.1) is 13.8 Å². The number of carbonyl (C=O) groups is 1. The molecular weight excluding hydrogens is 316 g/mol. The van der Waals surface area contributed by atoms with E-state index in [0.717, 1.165) is 42.1 Å². The molecule has 1 aromatic carbocycles. The van der Waals surface area contributed by atoms with Crippen molar-refractivity contribution in [3.8, 4) is 5.69 Å². The SMILES string of the molecule is Cc1nn(-c2ccccc2)c(C)c1NC(=O)CCN1CCC[C@H]1CO. The summed E-state index contributed by atoms with van der Waals surface area (Å²) in [5.41, 5.74) is 3.50. The summed E-state index contributed by atoms with van der Waals surface area (Å²) in [4.78, 5) is 14.6. The number of para-hydroxylation sites is 1. The predicted octanol–water partition coefficient (Wildman–Crippen LogP) is 2.27. The van der Waals surface area contributed by atoms with E-state index < -0.39 is 0 Å². The zero-order chi connectivity index (χ0) is 17.8. The van der Waals surface area contributed by atoms with Gasteiger partial charge in [0.25, 0.3) is 0 Å². The summed E-state index contributed by atoms with van der Waals surface area (Å²) >= 11 is 0. The number of hydrogen-bond acceptors (Lipinski definition) is 4. The number of aryl methyl sites for hydroxylation is 1. The number of carbonyl (C=O) groups excluding carboxylic acids is 1. The maximum Gasteiger partial charge on any atom is 0.225 e. The number of nitrogens with zero attached hydrogens (tertiary/aromatic N) is 3. The van der Waals surface area contributed by atoms with Gasteiger partial charge in [0, 0.05) is 19.0 Å². The smallest absolute Gasteiger partial charge is 0.225 e. The standard InChI is InChI=1S/C19H26N4O2/c1-14-19(15(2)23(21-14)16-7-4-3-5-8-16)20-18(25)10-12-22-11-6-9-17(22)13-24/h3-5,7-8,17,24H,6,9-13H2,1-2H3,(H,20,25)/t17-/m0/s1. The molecule has 1 atom stereocenters. The second-order valence-electron chi connectivity index (χ2n) is 6.61. The van der Waals surface area contributed by atoms with Gasteiger partial charge in [-0.05, 0) is 45.4 Å². The average molecular weight is 342 g/mol. The third-order valence-corrected chi connectivity index (χ3v) is 4.89. The Hall–Kier alpha value is -2.18.